The number of methoxy groups -OCH3 is 2. The van der Waals surface area contributed by atoms with Gasteiger partial charge in [0.05, 0.1) is 20.3 Å². The van der Waals surface area contributed by atoms with Gasteiger partial charge in [-0.15, -0.1) is 0 Å². The first-order valence-electron chi connectivity index (χ1n) is 5.24. The summed E-state index contributed by atoms with van der Waals surface area (Å²) in [5, 5.41) is 10.1. The van der Waals surface area contributed by atoms with Crippen molar-refractivity contribution >= 4 is 0 Å². The molecule has 16 heavy (non-hydrogen) atoms. The van der Waals surface area contributed by atoms with E-state index in [4.69, 9.17) is 15.2 Å². The lowest BCUT2D eigenvalue weighted by molar-refractivity contribution is 0.118. The quantitative estimate of drug-likeness (QED) is 0.793. The van der Waals surface area contributed by atoms with Gasteiger partial charge in [0.1, 0.15) is 11.5 Å². The molecule has 0 saturated carbocycles. The van der Waals surface area contributed by atoms with Crippen LogP contribution in [0.25, 0.3) is 0 Å². The molecule has 4 heteroatoms. The van der Waals surface area contributed by atoms with Crippen LogP contribution in [-0.4, -0.2) is 25.9 Å². The Balaban J connectivity index is 3.07. The fraction of sp³-hybridized carbons (Fsp3) is 0.500. The molecule has 1 aromatic carbocycles. The Labute approximate surface area is 96.0 Å². The molecule has 0 amide bonds. The van der Waals surface area contributed by atoms with Crippen molar-refractivity contribution in [2.45, 2.75) is 13.0 Å². The average Bonchev–Trinajstić information content (AvgIpc) is 2.35. The Hall–Kier alpha value is -1.26. The van der Waals surface area contributed by atoms with Gasteiger partial charge in [-0.1, -0.05) is 6.92 Å². The first-order valence-corrected chi connectivity index (χ1v) is 5.24. The summed E-state index contributed by atoms with van der Waals surface area (Å²) >= 11 is 0. The van der Waals surface area contributed by atoms with E-state index in [2.05, 4.69) is 0 Å². The highest BCUT2D eigenvalue weighted by Gasteiger charge is 2.19. The largest absolute Gasteiger partial charge is 0.497 e. The van der Waals surface area contributed by atoms with Crippen molar-refractivity contribution in [3.63, 3.8) is 0 Å². The third-order valence-electron chi connectivity index (χ3n) is 2.67. The number of hydrogen-bond donors (Lipinski definition) is 2. The smallest absolute Gasteiger partial charge is 0.124 e. The van der Waals surface area contributed by atoms with Crippen molar-refractivity contribution in [3.8, 4) is 11.5 Å². The number of ether oxygens (including phenoxy) is 2. The highest BCUT2D eigenvalue weighted by molar-refractivity contribution is 5.41. The standard InChI is InChI=1S/C12H19NO3/c1-8(7-13)12(14)10-6-9(15-2)4-5-11(10)16-3/h4-6,8,12,14H,7,13H2,1-3H3. The second-order valence-electron chi connectivity index (χ2n) is 3.77. The van der Waals surface area contributed by atoms with Crippen LogP contribution in [0.5, 0.6) is 11.5 Å². The second kappa shape index (κ2) is 5.72. The first kappa shape index (κ1) is 12.8. The molecule has 0 aliphatic rings. The fourth-order valence-electron chi connectivity index (χ4n) is 1.51. The van der Waals surface area contributed by atoms with Crippen molar-refractivity contribution in [2.75, 3.05) is 20.8 Å². The molecule has 2 unspecified atom stereocenters. The van der Waals surface area contributed by atoms with Crippen molar-refractivity contribution in [3.05, 3.63) is 23.8 Å². The molecule has 2 atom stereocenters. The minimum atomic E-state index is -0.643. The molecule has 0 aromatic heterocycles. The number of benzene rings is 1. The second-order valence-corrected chi connectivity index (χ2v) is 3.77. The van der Waals surface area contributed by atoms with E-state index in [1.54, 1.807) is 32.4 Å². The van der Waals surface area contributed by atoms with E-state index in [1.165, 1.54) is 0 Å². The molecule has 0 radical (unpaired) electrons. The van der Waals surface area contributed by atoms with Crippen LogP contribution in [0.15, 0.2) is 18.2 Å². The number of nitrogens with two attached hydrogens (primary N) is 1. The molecular formula is C12H19NO3. The van der Waals surface area contributed by atoms with Gasteiger partial charge in [0.25, 0.3) is 0 Å². The van der Waals surface area contributed by atoms with Gasteiger partial charge in [0.15, 0.2) is 0 Å². The van der Waals surface area contributed by atoms with Crippen molar-refractivity contribution in [1.29, 1.82) is 0 Å². The summed E-state index contributed by atoms with van der Waals surface area (Å²) in [6.07, 6.45) is -0.643. The fourth-order valence-corrected chi connectivity index (χ4v) is 1.51. The van der Waals surface area contributed by atoms with Crippen molar-refractivity contribution in [2.24, 2.45) is 11.7 Å². The highest BCUT2D eigenvalue weighted by Crippen LogP contribution is 2.32. The Morgan fingerprint density at radius 1 is 1.31 bits per heavy atom. The lowest BCUT2D eigenvalue weighted by Crippen LogP contribution is -2.19. The minimum absolute atomic E-state index is 0.0268. The van der Waals surface area contributed by atoms with Gasteiger partial charge in [0.2, 0.25) is 0 Å². The molecule has 0 aliphatic heterocycles. The summed E-state index contributed by atoms with van der Waals surface area (Å²) in [6, 6.07) is 5.35. The summed E-state index contributed by atoms with van der Waals surface area (Å²) in [6.45, 7) is 2.31. The van der Waals surface area contributed by atoms with Crippen LogP contribution in [-0.2, 0) is 0 Å². The predicted molar refractivity (Wildman–Crippen MR) is 62.7 cm³/mol. The van der Waals surface area contributed by atoms with Crippen LogP contribution in [0.3, 0.4) is 0 Å². The van der Waals surface area contributed by atoms with E-state index in [-0.39, 0.29) is 5.92 Å². The molecule has 90 valence electrons. The predicted octanol–water partition coefficient (Wildman–Crippen LogP) is 1.33. The van der Waals surface area contributed by atoms with Crippen LogP contribution in [0.2, 0.25) is 0 Å². The molecule has 0 aliphatic carbocycles. The lowest BCUT2D eigenvalue weighted by Gasteiger charge is -2.20. The number of hydrogen-bond acceptors (Lipinski definition) is 4. The summed E-state index contributed by atoms with van der Waals surface area (Å²) < 4.78 is 10.3. The zero-order chi connectivity index (χ0) is 12.1. The lowest BCUT2D eigenvalue weighted by atomic mass is 9.96. The molecule has 0 saturated heterocycles. The van der Waals surface area contributed by atoms with Crippen LogP contribution in [0, 0.1) is 5.92 Å². The summed E-state index contributed by atoms with van der Waals surface area (Å²) in [7, 11) is 3.16. The first-order chi connectivity index (χ1) is 7.63. The monoisotopic (exact) mass is 225 g/mol. The Kier molecular flexibility index (Phi) is 4.58. The number of rotatable bonds is 5. The molecule has 0 heterocycles. The Morgan fingerprint density at radius 3 is 2.50 bits per heavy atom. The van der Waals surface area contributed by atoms with Crippen LogP contribution >= 0.6 is 0 Å². The Morgan fingerprint density at radius 2 is 2.00 bits per heavy atom. The summed E-state index contributed by atoms with van der Waals surface area (Å²) in [5.74, 6) is 1.31. The van der Waals surface area contributed by atoms with E-state index in [9.17, 15) is 5.11 Å². The van der Waals surface area contributed by atoms with Crippen LogP contribution in [0.4, 0.5) is 0 Å². The van der Waals surface area contributed by atoms with E-state index >= 15 is 0 Å². The van der Waals surface area contributed by atoms with E-state index in [0.717, 1.165) is 0 Å². The zero-order valence-corrected chi connectivity index (χ0v) is 9.93. The van der Waals surface area contributed by atoms with E-state index in [1.807, 2.05) is 6.92 Å². The zero-order valence-electron chi connectivity index (χ0n) is 9.93. The van der Waals surface area contributed by atoms with E-state index < -0.39 is 6.10 Å². The SMILES string of the molecule is COc1ccc(OC)c(C(O)C(C)CN)c1. The maximum Gasteiger partial charge on any atom is 0.124 e. The van der Waals surface area contributed by atoms with Gasteiger partial charge >= 0.3 is 0 Å². The van der Waals surface area contributed by atoms with Gasteiger partial charge in [0, 0.05) is 5.56 Å². The molecule has 1 aromatic rings. The molecule has 4 nitrogen and oxygen atoms in total. The molecule has 3 N–H and O–H groups in total. The van der Waals surface area contributed by atoms with Crippen LogP contribution in [0.1, 0.15) is 18.6 Å². The number of aliphatic hydroxyl groups excluding tert-OH is 1. The highest BCUT2D eigenvalue weighted by atomic mass is 16.5. The van der Waals surface area contributed by atoms with Gasteiger partial charge in [-0.2, -0.15) is 0 Å². The topological polar surface area (TPSA) is 64.7 Å². The molecule has 0 bridgehead atoms. The van der Waals surface area contributed by atoms with Crippen molar-refractivity contribution < 1.29 is 14.6 Å². The third kappa shape index (κ3) is 2.65. The normalized spacial score (nSPS) is 14.3. The van der Waals surface area contributed by atoms with Crippen molar-refractivity contribution in [1.82, 2.24) is 0 Å². The maximum absolute atomic E-state index is 10.1. The summed E-state index contributed by atoms with van der Waals surface area (Å²) in [4.78, 5) is 0. The van der Waals surface area contributed by atoms with Gasteiger partial charge in [-0.3, -0.25) is 0 Å². The van der Waals surface area contributed by atoms with Gasteiger partial charge < -0.3 is 20.3 Å². The van der Waals surface area contributed by atoms with E-state index in [0.29, 0.717) is 23.6 Å². The minimum Gasteiger partial charge on any atom is -0.497 e. The average molecular weight is 225 g/mol. The van der Waals surface area contributed by atoms with Gasteiger partial charge in [-0.25, -0.2) is 0 Å². The van der Waals surface area contributed by atoms with Gasteiger partial charge in [-0.05, 0) is 30.7 Å². The molecule has 0 spiro atoms. The molecule has 1 rings (SSSR count). The maximum atomic E-state index is 10.1. The molecule has 0 fully saturated rings. The Bertz CT molecular complexity index is 341. The molecular weight excluding hydrogens is 206 g/mol. The third-order valence-corrected chi connectivity index (χ3v) is 2.67. The van der Waals surface area contributed by atoms with Crippen LogP contribution < -0.4 is 15.2 Å². The number of aliphatic hydroxyl groups is 1. The summed E-state index contributed by atoms with van der Waals surface area (Å²) in [5.41, 5.74) is 6.25.